The molecule has 0 unspecified atom stereocenters. The minimum atomic E-state index is 0.465. The largest absolute Gasteiger partial charge is 0.493 e. The van der Waals surface area contributed by atoms with Gasteiger partial charge in [-0.2, -0.15) is 0 Å². The van der Waals surface area contributed by atoms with Crippen LogP contribution in [0.4, 0.5) is 0 Å². The molecule has 0 fully saturated rings. The summed E-state index contributed by atoms with van der Waals surface area (Å²) in [6.45, 7) is 2.65. The van der Waals surface area contributed by atoms with Gasteiger partial charge in [-0.15, -0.1) is 0 Å². The van der Waals surface area contributed by atoms with Gasteiger partial charge in [0.05, 0.1) is 14.2 Å². The molecule has 0 aliphatic rings. The zero-order valence-corrected chi connectivity index (χ0v) is 13.0. The number of hydrogen-bond donors (Lipinski definition) is 1. The molecule has 0 heterocycles. The van der Waals surface area contributed by atoms with Gasteiger partial charge in [0.25, 0.3) is 0 Å². The maximum atomic E-state index is 5.88. The molecular formula is C18H23NO2. The number of methoxy groups -OCH3 is 2. The van der Waals surface area contributed by atoms with Crippen molar-refractivity contribution in [1.29, 1.82) is 0 Å². The van der Waals surface area contributed by atoms with Gasteiger partial charge in [-0.1, -0.05) is 37.6 Å². The summed E-state index contributed by atoms with van der Waals surface area (Å²) in [6, 6.07) is 12.6. The van der Waals surface area contributed by atoms with E-state index in [2.05, 4.69) is 31.2 Å². The lowest BCUT2D eigenvalue weighted by Gasteiger charge is -2.14. The van der Waals surface area contributed by atoms with Crippen molar-refractivity contribution in [1.82, 2.24) is 0 Å². The SMILES string of the molecule is CCCc1ccc(-c2cc(OC)c(OC)cc2CN)cc1. The van der Waals surface area contributed by atoms with Crippen LogP contribution >= 0.6 is 0 Å². The van der Waals surface area contributed by atoms with E-state index in [9.17, 15) is 0 Å². The van der Waals surface area contributed by atoms with Gasteiger partial charge in [-0.25, -0.2) is 0 Å². The number of ether oxygens (including phenoxy) is 2. The van der Waals surface area contributed by atoms with E-state index in [-0.39, 0.29) is 0 Å². The minimum absolute atomic E-state index is 0.465. The summed E-state index contributed by atoms with van der Waals surface area (Å²) in [5.41, 5.74) is 10.5. The van der Waals surface area contributed by atoms with Gasteiger partial charge in [-0.05, 0) is 40.8 Å². The van der Waals surface area contributed by atoms with Crippen LogP contribution in [-0.4, -0.2) is 14.2 Å². The van der Waals surface area contributed by atoms with Crippen LogP contribution in [0.3, 0.4) is 0 Å². The van der Waals surface area contributed by atoms with Crippen LogP contribution in [0.5, 0.6) is 11.5 Å². The van der Waals surface area contributed by atoms with Gasteiger partial charge in [0.15, 0.2) is 11.5 Å². The number of nitrogens with two attached hydrogens (primary N) is 1. The number of aryl methyl sites for hydroxylation is 1. The van der Waals surface area contributed by atoms with E-state index in [0.29, 0.717) is 12.3 Å². The molecule has 2 rings (SSSR count). The van der Waals surface area contributed by atoms with Gasteiger partial charge in [0, 0.05) is 6.54 Å². The Morgan fingerprint density at radius 2 is 1.57 bits per heavy atom. The fourth-order valence-electron chi connectivity index (χ4n) is 2.50. The van der Waals surface area contributed by atoms with Crippen LogP contribution in [0.2, 0.25) is 0 Å². The molecule has 21 heavy (non-hydrogen) atoms. The van der Waals surface area contributed by atoms with Crippen LogP contribution in [0.25, 0.3) is 11.1 Å². The molecule has 112 valence electrons. The van der Waals surface area contributed by atoms with Crippen molar-refractivity contribution in [2.75, 3.05) is 14.2 Å². The van der Waals surface area contributed by atoms with Crippen molar-refractivity contribution < 1.29 is 9.47 Å². The molecule has 0 spiro atoms. The first-order valence-electron chi connectivity index (χ1n) is 7.27. The normalized spacial score (nSPS) is 10.5. The van der Waals surface area contributed by atoms with E-state index < -0.39 is 0 Å². The zero-order valence-electron chi connectivity index (χ0n) is 13.0. The summed E-state index contributed by atoms with van der Waals surface area (Å²) in [7, 11) is 3.28. The number of rotatable bonds is 6. The molecule has 0 bridgehead atoms. The maximum absolute atomic E-state index is 5.88. The second kappa shape index (κ2) is 7.14. The van der Waals surface area contributed by atoms with Crippen LogP contribution in [-0.2, 0) is 13.0 Å². The zero-order chi connectivity index (χ0) is 15.2. The molecule has 0 aliphatic carbocycles. The molecule has 0 radical (unpaired) electrons. The Hall–Kier alpha value is -2.00. The van der Waals surface area contributed by atoms with E-state index in [1.165, 1.54) is 5.56 Å². The maximum Gasteiger partial charge on any atom is 0.161 e. The molecule has 2 aromatic rings. The summed E-state index contributed by atoms with van der Waals surface area (Å²) in [5.74, 6) is 1.44. The highest BCUT2D eigenvalue weighted by molar-refractivity contribution is 5.71. The number of benzene rings is 2. The summed E-state index contributed by atoms with van der Waals surface area (Å²) in [5, 5.41) is 0. The third-order valence-electron chi connectivity index (χ3n) is 3.63. The Morgan fingerprint density at radius 3 is 2.10 bits per heavy atom. The van der Waals surface area contributed by atoms with Crippen molar-refractivity contribution in [3.05, 3.63) is 47.5 Å². The van der Waals surface area contributed by atoms with Crippen molar-refractivity contribution in [3.8, 4) is 22.6 Å². The van der Waals surface area contributed by atoms with E-state index in [1.807, 2.05) is 12.1 Å². The van der Waals surface area contributed by atoms with Gasteiger partial charge in [-0.3, -0.25) is 0 Å². The smallest absolute Gasteiger partial charge is 0.161 e. The molecule has 3 nitrogen and oxygen atoms in total. The molecule has 0 amide bonds. The van der Waals surface area contributed by atoms with Gasteiger partial charge < -0.3 is 15.2 Å². The Bertz CT molecular complexity index is 591. The fraction of sp³-hybridized carbons (Fsp3) is 0.333. The van der Waals surface area contributed by atoms with Crippen LogP contribution in [0.15, 0.2) is 36.4 Å². The van der Waals surface area contributed by atoms with Crippen LogP contribution in [0.1, 0.15) is 24.5 Å². The van der Waals surface area contributed by atoms with Gasteiger partial charge >= 0.3 is 0 Å². The summed E-state index contributed by atoms with van der Waals surface area (Å²) in [4.78, 5) is 0. The molecule has 0 saturated carbocycles. The standard InChI is InChI=1S/C18H23NO2/c1-4-5-13-6-8-14(9-7-13)16-11-18(21-3)17(20-2)10-15(16)12-19/h6-11H,4-5,12,19H2,1-3H3. The third-order valence-corrected chi connectivity index (χ3v) is 3.63. The van der Waals surface area contributed by atoms with Crippen molar-refractivity contribution >= 4 is 0 Å². The number of hydrogen-bond acceptors (Lipinski definition) is 3. The topological polar surface area (TPSA) is 44.5 Å². The quantitative estimate of drug-likeness (QED) is 0.878. The first-order chi connectivity index (χ1) is 10.2. The Morgan fingerprint density at radius 1 is 0.952 bits per heavy atom. The lowest BCUT2D eigenvalue weighted by molar-refractivity contribution is 0.354. The lowest BCUT2D eigenvalue weighted by atomic mass is 9.97. The first kappa shape index (κ1) is 15.4. The minimum Gasteiger partial charge on any atom is -0.493 e. The average Bonchev–Trinajstić information content (AvgIpc) is 2.54. The van der Waals surface area contributed by atoms with Crippen molar-refractivity contribution in [3.63, 3.8) is 0 Å². The Balaban J connectivity index is 2.46. The highest BCUT2D eigenvalue weighted by Gasteiger charge is 2.11. The molecule has 0 saturated heterocycles. The highest BCUT2D eigenvalue weighted by atomic mass is 16.5. The van der Waals surface area contributed by atoms with E-state index in [0.717, 1.165) is 35.3 Å². The Kier molecular flexibility index (Phi) is 5.23. The van der Waals surface area contributed by atoms with Crippen LogP contribution in [0, 0.1) is 0 Å². The van der Waals surface area contributed by atoms with Gasteiger partial charge in [0.2, 0.25) is 0 Å². The van der Waals surface area contributed by atoms with E-state index >= 15 is 0 Å². The molecule has 2 N–H and O–H groups in total. The molecule has 2 aromatic carbocycles. The predicted molar refractivity (Wildman–Crippen MR) is 86.9 cm³/mol. The molecule has 0 aliphatic heterocycles. The van der Waals surface area contributed by atoms with Crippen LogP contribution < -0.4 is 15.2 Å². The predicted octanol–water partition coefficient (Wildman–Crippen LogP) is 3.78. The highest BCUT2D eigenvalue weighted by Crippen LogP contribution is 2.35. The second-order valence-electron chi connectivity index (χ2n) is 5.02. The van der Waals surface area contributed by atoms with Crippen molar-refractivity contribution in [2.24, 2.45) is 5.73 Å². The summed E-state index contributed by atoms with van der Waals surface area (Å²) in [6.07, 6.45) is 2.26. The van der Waals surface area contributed by atoms with E-state index in [1.54, 1.807) is 14.2 Å². The summed E-state index contributed by atoms with van der Waals surface area (Å²) < 4.78 is 10.7. The third kappa shape index (κ3) is 3.37. The average molecular weight is 285 g/mol. The van der Waals surface area contributed by atoms with E-state index in [4.69, 9.17) is 15.2 Å². The first-order valence-corrected chi connectivity index (χ1v) is 7.27. The second-order valence-corrected chi connectivity index (χ2v) is 5.02. The molecule has 3 heteroatoms. The monoisotopic (exact) mass is 285 g/mol. The molecule has 0 aromatic heterocycles. The Labute approximate surface area is 126 Å². The molecular weight excluding hydrogens is 262 g/mol. The van der Waals surface area contributed by atoms with Gasteiger partial charge in [0.1, 0.15) is 0 Å². The summed E-state index contributed by atoms with van der Waals surface area (Å²) >= 11 is 0. The fourth-order valence-corrected chi connectivity index (χ4v) is 2.50. The lowest BCUT2D eigenvalue weighted by Crippen LogP contribution is -2.01. The molecule has 0 atom stereocenters. The van der Waals surface area contributed by atoms with Crippen molar-refractivity contribution in [2.45, 2.75) is 26.3 Å².